The topological polar surface area (TPSA) is 48.3 Å². The number of ether oxygens (including phenoxy) is 2. The van der Waals surface area contributed by atoms with Gasteiger partial charge < -0.3 is 14.8 Å². The van der Waals surface area contributed by atoms with Crippen LogP contribution in [0.5, 0.6) is 11.5 Å². The highest BCUT2D eigenvalue weighted by molar-refractivity contribution is 5.53. The van der Waals surface area contributed by atoms with Crippen molar-refractivity contribution in [3.05, 3.63) is 36.2 Å². The van der Waals surface area contributed by atoms with Crippen molar-refractivity contribution in [2.75, 3.05) is 19.5 Å². The molecule has 5 nitrogen and oxygen atoms in total. The Morgan fingerprint density at radius 2 is 1.86 bits per heavy atom. The van der Waals surface area contributed by atoms with Gasteiger partial charge in [-0.25, -0.2) is 0 Å². The van der Waals surface area contributed by atoms with Crippen LogP contribution < -0.4 is 14.8 Å². The smallest absolute Gasteiger partial charge is 0.124 e. The van der Waals surface area contributed by atoms with E-state index < -0.39 is 0 Å². The molecule has 1 aromatic heterocycles. The van der Waals surface area contributed by atoms with Gasteiger partial charge in [0.05, 0.1) is 26.5 Å². The summed E-state index contributed by atoms with van der Waals surface area (Å²) < 4.78 is 12.5. The predicted molar refractivity (Wildman–Crippen MR) is 84.1 cm³/mol. The largest absolute Gasteiger partial charge is 0.497 e. The maximum absolute atomic E-state index is 5.26. The zero-order chi connectivity index (χ0) is 15.2. The number of benzene rings is 1. The highest BCUT2D eigenvalue weighted by Crippen LogP contribution is 2.26. The molecule has 1 aromatic carbocycles. The fourth-order valence-electron chi connectivity index (χ4n) is 2.01. The molecule has 1 N–H and O–H groups in total. The Kier molecular flexibility index (Phi) is 5.09. The Labute approximate surface area is 125 Å². The maximum atomic E-state index is 5.26. The molecule has 5 heteroatoms. The molecule has 0 amide bonds. The third-order valence-electron chi connectivity index (χ3n) is 3.53. The summed E-state index contributed by atoms with van der Waals surface area (Å²) in [5.41, 5.74) is 1.96. The van der Waals surface area contributed by atoms with Crippen LogP contribution in [0.4, 0.5) is 5.69 Å². The predicted octanol–water partition coefficient (Wildman–Crippen LogP) is 3.48. The number of nitrogens with one attached hydrogen (secondary N) is 1. The molecule has 0 aliphatic carbocycles. The van der Waals surface area contributed by atoms with E-state index in [4.69, 9.17) is 9.47 Å². The number of rotatable bonds is 7. The molecule has 1 heterocycles. The SMILES string of the molecule is CCC(C)n1ccc(CNc2cc(OC)cc(OC)c2)n1. The second-order valence-electron chi connectivity index (χ2n) is 5.00. The second kappa shape index (κ2) is 7.02. The first-order chi connectivity index (χ1) is 10.2. The zero-order valence-corrected chi connectivity index (χ0v) is 13.1. The van der Waals surface area contributed by atoms with Crippen LogP contribution in [-0.4, -0.2) is 24.0 Å². The molecule has 0 aliphatic heterocycles. The zero-order valence-electron chi connectivity index (χ0n) is 13.1. The van der Waals surface area contributed by atoms with Crippen LogP contribution in [0.15, 0.2) is 30.5 Å². The van der Waals surface area contributed by atoms with Crippen molar-refractivity contribution in [3.8, 4) is 11.5 Å². The first kappa shape index (κ1) is 15.2. The molecule has 114 valence electrons. The van der Waals surface area contributed by atoms with Crippen molar-refractivity contribution in [2.24, 2.45) is 0 Å². The molecule has 21 heavy (non-hydrogen) atoms. The van der Waals surface area contributed by atoms with Crippen LogP contribution >= 0.6 is 0 Å². The van der Waals surface area contributed by atoms with Gasteiger partial charge in [0.15, 0.2) is 0 Å². The van der Waals surface area contributed by atoms with Gasteiger partial charge in [-0.2, -0.15) is 5.10 Å². The summed E-state index contributed by atoms with van der Waals surface area (Å²) in [5.74, 6) is 1.53. The van der Waals surface area contributed by atoms with E-state index >= 15 is 0 Å². The van der Waals surface area contributed by atoms with Crippen molar-refractivity contribution >= 4 is 5.69 Å². The lowest BCUT2D eigenvalue weighted by atomic mass is 10.2. The Balaban J connectivity index is 2.04. The average molecular weight is 289 g/mol. The minimum atomic E-state index is 0.427. The molecule has 2 rings (SSSR count). The van der Waals surface area contributed by atoms with E-state index in [1.807, 2.05) is 35.1 Å². The van der Waals surface area contributed by atoms with Crippen LogP contribution in [0.25, 0.3) is 0 Å². The fourth-order valence-corrected chi connectivity index (χ4v) is 2.01. The maximum Gasteiger partial charge on any atom is 0.124 e. The minimum Gasteiger partial charge on any atom is -0.497 e. The Morgan fingerprint density at radius 3 is 2.43 bits per heavy atom. The van der Waals surface area contributed by atoms with Gasteiger partial charge >= 0.3 is 0 Å². The summed E-state index contributed by atoms with van der Waals surface area (Å²) in [6, 6.07) is 8.19. The molecule has 0 saturated carbocycles. The lowest BCUT2D eigenvalue weighted by Crippen LogP contribution is -2.06. The van der Waals surface area contributed by atoms with Crippen molar-refractivity contribution in [2.45, 2.75) is 32.9 Å². The highest BCUT2D eigenvalue weighted by Gasteiger charge is 2.06. The fraction of sp³-hybridized carbons (Fsp3) is 0.438. The Bertz CT molecular complexity index is 558. The van der Waals surface area contributed by atoms with Gasteiger partial charge in [-0.3, -0.25) is 4.68 Å². The van der Waals surface area contributed by atoms with E-state index in [9.17, 15) is 0 Å². The van der Waals surface area contributed by atoms with E-state index in [2.05, 4.69) is 24.3 Å². The summed E-state index contributed by atoms with van der Waals surface area (Å²) in [5, 5.41) is 7.92. The van der Waals surface area contributed by atoms with Gasteiger partial charge in [-0.1, -0.05) is 6.92 Å². The molecule has 0 aliphatic rings. The second-order valence-corrected chi connectivity index (χ2v) is 5.00. The number of methoxy groups -OCH3 is 2. The summed E-state index contributed by atoms with van der Waals surface area (Å²) in [6.07, 6.45) is 3.10. The third-order valence-corrected chi connectivity index (χ3v) is 3.53. The number of hydrogen-bond acceptors (Lipinski definition) is 4. The molecule has 0 saturated heterocycles. The van der Waals surface area contributed by atoms with Gasteiger partial charge in [-0.15, -0.1) is 0 Å². The highest BCUT2D eigenvalue weighted by atomic mass is 16.5. The lowest BCUT2D eigenvalue weighted by molar-refractivity contribution is 0.394. The molecule has 2 aromatic rings. The number of hydrogen-bond donors (Lipinski definition) is 1. The van der Waals surface area contributed by atoms with Gasteiger partial charge in [-0.05, 0) is 19.4 Å². The van der Waals surface area contributed by atoms with Crippen LogP contribution in [0, 0.1) is 0 Å². The van der Waals surface area contributed by atoms with E-state index in [-0.39, 0.29) is 0 Å². The molecular formula is C16H23N3O2. The molecule has 0 bridgehead atoms. The van der Waals surface area contributed by atoms with Crippen molar-refractivity contribution < 1.29 is 9.47 Å². The molecule has 0 fully saturated rings. The van der Waals surface area contributed by atoms with Crippen LogP contribution in [0.2, 0.25) is 0 Å². The van der Waals surface area contributed by atoms with E-state index in [0.29, 0.717) is 12.6 Å². The van der Waals surface area contributed by atoms with E-state index in [0.717, 1.165) is 29.3 Å². The van der Waals surface area contributed by atoms with Gasteiger partial charge in [0, 0.05) is 36.1 Å². The quantitative estimate of drug-likeness (QED) is 0.847. The first-order valence-corrected chi connectivity index (χ1v) is 7.17. The van der Waals surface area contributed by atoms with Gasteiger partial charge in [0.1, 0.15) is 11.5 Å². The summed E-state index contributed by atoms with van der Waals surface area (Å²) >= 11 is 0. The molecule has 1 unspecified atom stereocenters. The monoisotopic (exact) mass is 289 g/mol. The summed E-state index contributed by atoms with van der Waals surface area (Å²) in [4.78, 5) is 0. The number of aromatic nitrogens is 2. The van der Waals surface area contributed by atoms with E-state index in [1.165, 1.54) is 0 Å². The molecule has 0 spiro atoms. The molecule has 1 atom stereocenters. The number of nitrogens with zero attached hydrogens (tertiary/aromatic N) is 2. The third kappa shape index (κ3) is 3.90. The van der Waals surface area contributed by atoms with Gasteiger partial charge in [0.25, 0.3) is 0 Å². The van der Waals surface area contributed by atoms with E-state index in [1.54, 1.807) is 14.2 Å². The minimum absolute atomic E-state index is 0.427. The first-order valence-electron chi connectivity index (χ1n) is 7.17. The Morgan fingerprint density at radius 1 is 1.19 bits per heavy atom. The standard InChI is InChI=1S/C16H23N3O2/c1-5-12(2)19-7-6-13(18-19)11-17-14-8-15(20-3)10-16(9-14)21-4/h6-10,12,17H,5,11H2,1-4H3. The van der Waals surface area contributed by atoms with Crippen LogP contribution in [0.3, 0.4) is 0 Å². The Hall–Kier alpha value is -2.17. The lowest BCUT2D eigenvalue weighted by Gasteiger charge is -2.10. The molecule has 0 radical (unpaired) electrons. The van der Waals surface area contributed by atoms with Crippen molar-refractivity contribution in [3.63, 3.8) is 0 Å². The van der Waals surface area contributed by atoms with Crippen molar-refractivity contribution in [1.82, 2.24) is 9.78 Å². The summed E-state index contributed by atoms with van der Waals surface area (Å²) in [6.45, 7) is 4.99. The summed E-state index contributed by atoms with van der Waals surface area (Å²) in [7, 11) is 3.29. The molecular weight excluding hydrogens is 266 g/mol. The average Bonchev–Trinajstić information content (AvgIpc) is 3.00. The van der Waals surface area contributed by atoms with Crippen LogP contribution in [0.1, 0.15) is 32.0 Å². The normalized spacial score (nSPS) is 12.0. The van der Waals surface area contributed by atoms with Gasteiger partial charge in [0.2, 0.25) is 0 Å². The van der Waals surface area contributed by atoms with Crippen LogP contribution in [-0.2, 0) is 6.54 Å². The number of anilines is 1. The van der Waals surface area contributed by atoms with Crippen molar-refractivity contribution in [1.29, 1.82) is 0 Å².